The number of halogens is 2. The summed E-state index contributed by atoms with van der Waals surface area (Å²) in [5, 5.41) is 13.3. The number of nitro benzene ring substituents is 1. The summed E-state index contributed by atoms with van der Waals surface area (Å²) < 4.78 is 23.4. The van der Waals surface area contributed by atoms with Crippen LogP contribution in [0.5, 0.6) is 5.75 Å². The van der Waals surface area contributed by atoms with E-state index in [0.717, 1.165) is 18.2 Å². The Labute approximate surface area is 158 Å². The van der Waals surface area contributed by atoms with Gasteiger partial charge in [-0.1, -0.05) is 23.7 Å². The molecule has 0 heterocycles. The fourth-order valence-electron chi connectivity index (χ4n) is 1.96. The minimum Gasteiger partial charge on any atom is -0.480 e. The van der Waals surface area contributed by atoms with Gasteiger partial charge in [-0.25, -0.2) is 4.79 Å². The third-order valence-corrected chi connectivity index (χ3v) is 3.58. The zero-order chi connectivity index (χ0) is 20.0. The first-order valence-corrected chi connectivity index (χ1v) is 7.97. The number of para-hydroxylation sites is 1. The molecule has 2 aromatic carbocycles. The van der Waals surface area contributed by atoms with Crippen molar-refractivity contribution in [2.45, 2.75) is 13.0 Å². The molecule has 0 aliphatic heterocycles. The molecule has 0 radical (unpaired) electrons. The quantitative estimate of drug-likeness (QED) is 0.437. The lowest BCUT2D eigenvalue weighted by Crippen LogP contribution is -2.31. The molecular weight excluding hydrogens is 383 g/mol. The molecule has 0 saturated carbocycles. The second-order valence-electron chi connectivity index (χ2n) is 5.26. The van der Waals surface area contributed by atoms with E-state index in [9.17, 15) is 24.1 Å². The number of esters is 1. The molecule has 2 rings (SSSR count). The van der Waals surface area contributed by atoms with E-state index in [4.69, 9.17) is 21.1 Å². The van der Waals surface area contributed by atoms with E-state index in [-0.39, 0.29) is 11.4 Å². The van der Waals surface area contributed by atoms with Gasteiger partial charge in [0.1, 0.15) is 5.75 Å². The largest absolute Gasteiger partial charge is 0.480 e. The molecule has 2 aromatic rings. The van der Waals surface area contributed by atoms with Gasteiger partial charge in [-0.3, -0.25) is 14.9 Å². The van der Waals surface area contributed by atoms with Crippen molar-refractivity contribution in [1.29, 1.82) is 0 Å². The zero-order valence-electron chi connectivity index (χ0n) is 14.0. The molecular formula is C17H14ClFN2O6. The summed E-state index contributed by atoms with van der Waals surface area (Å²) in [5.74, 6) is -2.31. The number of carbonyl (C=O) groups is 2. The van der Waals surface area contributed by atoms with Crippen LogP contribution >= 0.6 is 11.6 Å². The van der Waals surface area contributed by atoms with Gasteiger partial charge >= 0.3 is 11.7 Å². The monoisotopic (exact) mass is 396 g/mol. The first-order chi connectivity index (χ1) is 12.8. The van der Waals surface area contributed by atoms with Gasteiger partial charge in [-0.15, -0.1) is 0 Å². The average molecular weight is 397 g/mol. The second kappa shape index (κ2) is 8.95. The molecule has 1 unspecified atom stereocenters. The summed E-state index contributed by atoms with van der Waals surface area (Å²) in [7, 11) is 0. The maximum absolute atomic E-state index is 13.3. The van der Waals surface area contributed by atoms with Crippen LogP contribution in [0.15, 0.2) is 42.5 Å². The molecule has 10 heteroatoms. The molecule has 27 heavy (non-hydrogen) atoms. The highest BCUT2D eigenvalue weighted by Gasteiger charge is 2.20. The van der Waals surface area contributed by atoms with Gasteiger partial charge < -0.3 is 14.8 Å². The van der Waals surface area contributed by atoms with Crippen LogP contribution in [0.25, 0.3) is 0 Å². The molecule has 0 saturated heterocycles. The molecule has 0 aliphatic carbocycles. The van der Waals surface area contributed by atoms with E-state index in [2.05, 4.69) is 5.32 Å². The Balaban J connectivity index is 1.90. The van der Waals surface area contributed by atoms with E-state index >= 15 is 0 Å². The maximum Gasteiger partial charge on any atom is 0.344 e. The summed E-state index contributed by atoms with van der Waals surface area (Å²) >= 11 is 5.88. The molecule has 1 atom stereocenters. The highest BCUT2D eigenvalue weighted by Crippen LogP contribution is 2.23. The molecule has 1 N–H and O–H groups in total. The van der Waals surface area contributed by atoms with Gasteiger partial charge in [-0.05, 0) is 31.2 Å². The van der Waals surface area contributed by atoms with Gasteiger partial charge in [0, 0.05) is 11.8 Å². The molecule has 142 valence electrons. The van der Waals surface area contributed by atoms with Crippen molar-refractivity contribution in [3.05, 3.63) is 63.4 Å². The van der Waals surface area contributed by atoms with Gasteiger partial charge in [0.2, 0.25) is 5.82 Å². The molecule has 0 spiro atoms. The Morgan fingerprint density at radius 1 is 1.30 bits per heavy atom. The van der Waals surface area contributed by atoms with Crippen LogP contribution < -0.4 is 10.1 Å². The van der Waals surface area contributed by atoms with Gasteiger partial charge in [0.25, 0.3) is 5.91 Å². The number of amides is 1. The van der Waals surface area contributed by atoms with E-state index < -0.39 is 41.0 Å². The van der Waals surface area contributed by atoms with Gasteiger partial charge in [-0.2, -0.15) is 4.39 Å². The van der Waals surface area contributed by atoms with E-state index in [1.165, 1.54) is 6.92 Å². The highest BCUT2D eigenvalue weighted by atomic mass is 35.5. The number of nitro groups is 1. The number of benzene rings is 2. The normalized spacial score (nSPS) is 11.4. The molecule has 0 fully saturated rings. The Morgan fingerprint density at radius 3 is 2.67 bits per heavy atom. The van der Waals surface area contributed by atoms with E-state index in [1.54, 1.807) is 24.3 Å². The Morgan fingerprint density at radius 2 is 2.00 bits per heavy atom. The SMILES string of the molecule is CC(OC(=O)COc1ccccc1Cl)C(=O)Nc1ccc(F)c([N+](=O)[O-])c1. The number of anilines is 1. The minimum atomic E-state index is -1.21. The predicted molar refractivity (Wildman–Crippen MR) is 94.2 cm³/mol. The molecule has 8 nitrogen and oxygen atoms in total. The lowest BCUT2D eigenvalue weighted by Gasteiger charge is -2.14. The van der Waals surface area contributed by atoms with Crippen LogP contribution in [-0.4, -0.2) is 29.5 Å². The van der Waals surface area contributed by atoms with Crippen LogP contribution in [0, 0.1) is 15.9 Å². The third-order valence-electron chi connectivity index (χ3n) is 3.27. The zero-order valence-corrected chi connectivity index (χ0v) is 14.7. The third kappa shape index (κ3) is 5.65. The van der Waals surface area contributed by atoms with Crippen molar-refractivity contribution in [1.82, 2.24) is 0 Å². The average Bonchev–Trinajstić information content (AvgIpc) is 2.62. The first-order valence-electron chi connectivity index (χ1n) is 7.59. The summed E-state index contributed by atoms with van der Waals surface area (Å²) in [6.07, 6.45) is -1.21. The van der Waals surface area contributed by atoms with Crippen molar-refractivity contribution < 1.29 is 28.4 Å². The molecule has 0 aliphatic rings. The van der Waals surface area contributed by atoms with Crippen LogP contribution in [0.4, 0.5) is 15.8 Å². The summed E-state index contributed by atoms with van der Waals surface area (Å²) in [6.45, 7) is 0.837. The van der Waals surface area contributed by atoms with E-state index in [0.29, 0.717) is 5.02 Å². The minimum absolute atomic E-state index is 0.0108. The van der Waals surface area contributed by atoms with Crippen LogP contribution in [-0.2, 0) is 14.3 Å². The number of hydrogen-bond acceptors (Lipinski definition) is 6. The summed E-state index contributed by atoms with van der Waals surface area (Å²) in [4.78, 5) is 33.6. The van der Waals surface area contributed by atoms with Crippen molar-refractivity contribution >= 4 is 34.9 Å². The lowest BCUT2D eigenvalue weighted by molar-refractivity contribution is -0.387. The van der Waals surface area contributed by atoms with E-state index in [1.807, 2.05) is 0 Å². The van der Waals surface area contributed by atoms with Crippen molar-refractivity contribution in [3.8, 4) is 5.75 Å². The fraction of sp³-hybridized carbons (Fsp3) is 0.176. The molecule has 0 aromatic heterocycles. The number of hydrogen-bond donors (Lipinski definition) is 1. The smallest absolute Gasteiger partial charge is 0.344 e. The predicted octanol–water partition coefficient (Wildman–Crippen LogP) is 3.34. The summed E-state index contributed by atoms with van der Waals surface area (Å²) in [6, 6.07) is 9.37. The van der Waals surface area contributed by atoms with Crippen LogP contribution in [0.2, 0.25) is 5.02 Å². The van der Waals surface area contributed by atoms with Gasteiger partial charge in [0.15, 0.2) is 12.7 Å². The number of nitrogens with one attached hydrogen (secondary N) is 1. The van der Waals surface area contributed by atoms with Crippen LogP contribution in [0.1, 0.15) is 6.92 Å². The van der Waals surface area contributed by atoms with Crippen molar-refractivity contribution in [3.63, 3.8) is 0 Å². The van der Waals surface area contributed by atoms with Crippen molar-refractivity contribution in [2.24, 2.45) is 0 Å². The van der Waals surface area contributed by atoms with Crippen LogP contribution in [0.3, 0.4) is 0 Å². The Kier molecular flexibility index (Phi) is 6.67. The second-order valence-corrected chi connectivity index (χ2v) is 5.67. The Bertz CT molecular complexity index is 876. The molecule has 0 bridgehead atoms. The standard InChI is InChI=1S/C17H14ClFN2O6/c1-10(27-16(22)9-26-15-5-3-2-4-12(15)18)17(23)20-11-6-7-13(19)14(8-11)21(24)25/h2-8,10H,9H2,1H3,(H,20,23). The lowest BCUT2D eigenvalue weighted by atomic mass is 10.2. The highest BCUT2D eigenvalue weighted by molar-refractivity contribution is 6.32. The van der Waals surface area contributed by atoms with Gasteiger partial charge in [0.05, 0.1) is 9.95 Å². The number of nitrogens with zero attached hydrogens (tertiary/aromatic N) is 1. The summed E-state index contributed by atoms with van der Waals surface area (Å²) in [5.41, 5.74) is -0.797. The fourth-order valence-corrected chi connectivity index (χ4v) is 2.15. The number of carbonyl (C=O) groups excluding carboxylic acids is 2. The number of ether oxygens (including phenoxy) is 2. The Hall–Kier alpha value is -3.20. The number of rotatable bonds is 7. The molecule has 1 amide bonds. The maximum atomic E-state index is 13.3. The topological polar surface area (TPSA) is 108 Å². The first kappa shape index (κ1) is 20.1. The van der Waals surface area contributed by atoms with Crippen molar-refractivity contribution in [2.75, 3.05) is 11.9 Å².